The van der Waals surface area contributed by atoms with Crippen LogP contribution in [0.5, 0.6) is 17.2 Å². The van der Waals surface area contributed by atoms with E-state index in [1.54, 1.807) is 0 Å². The largest absolute Gasteiger partial charge is 0.462 e. The second-order valence-electron chi connectivity index (χ2n) is 16.7. The molecule has 3 aliphatic rings. The molecule has 25 heteroatoms. The minimum absolute atomic E-state index is 0.0911. The van der Waals surface area contributed by atoms with E-state index in [9.17, 15) is 80.8 Å². The fourth-order valence-corrected chi connectivity index (χ4v) is 7.29. The van der Waals surface area contributed by atoms with Crippen LogP contribution in [-0.4, -0.2) is 202 Å². The Morgan fingerprint density at radius 3 is 0.957 bits per heavy atom. The van der Waals surface area contributed by atoms with E-state index in [0.29, 0.717) is 16.7 Å². The molecule has 3 aliphatic heterocycles. The minimum atomic E-state index is -2.85. The summed E-state index contributed by atoms with van der Waals surface area (Å²) in [6.07, 6.45) is -25.1. The molecule has 6 rings (SSSR count). The molecule has 0 aromatic heterocycles. The van der Waals surface area contributed by atoms with Crippen molar-refractivity contribution in [3.8, 4) is 17.2 Å². The Bertz CT molecular complexity index is 2040. The van der Waals surface area contributed by atoms with Gasteiger partial charge in [0, 0.05) is 0 Å². The highest BCUT2D eigenvalue weighted by molar-refractivity contribution is 5.90. The number of rotatable bonds is 20. The van der Waals surface area contributed by atoms with Crippen LogP contribution in [0, 0.1) is 0 Å². The van der Waals surface area contributed by atoms with E-state index in [1.807, 2.05) is 0 Å². The van der Waals surface area contributed by atoms with Gasteiger partial charge in [0.15, 0.2) is 5.60 Å². The average molecular weight is 997 g/mol. The number of hydrogen-bond donors (Lipinski definition) is 13. The first-order valence-corrected chi connectivity index (χ1v) is 21.7. The van der Waals surface area contributed by atoms with Crippen LogP contribution >= 0.6 is 0 Å². The highest BCUT2D eigenvalue weighted by atomic mass is 16.7. The molecule has 0 spiro atoms. The maximum atomic E-state index is 13.6. The maximum Gasteiger partial charge on any atom is 0.339 e. The van der Waals surface area contributed by atoms with Gasteiger partial charge < -0.3 is 109 Å². The summed E-state index contributed by atoms with van der Waals surface area (Å²) in [4.78, 5) is 39.9. The van der Waals surface area contributed by atoms with Crippen LogP contribution in [0.25, 0.3) is 0 Å². The number of esters is 3. The Hall–Kier alpha value is -5.17. The average Bonchev–Trinajstić information content (AvgIpc) is 3.35. The van der Waals surface area contributed by atoms with E-state index < -0.39 is 168 Å². The van der Waals surface area contributed by atoms with E-state index in [1.165, 1.54) is 72.8 Å². The van der Waals surface area contributed by atoms with Crippen LogP contribution in [0.15, 0.2) is 72.8 Å². The van der Waals surface area contributed by atoms with Gasteiger partial charge in [0.25, 0.3) is 0 Å². The van der Waals surface area contributed by atoms with E-state index in [4.69, 9.17) is 42.6 Å². The van der Waals surface area contributed by atoms with Gasteiger partial charge in [-0.15, -0.1) is 0 Å². The van der Waals surface area contributed by atoms with Crippen LogP contribution in [0.4, 0.5) is 0 Å². The highest BCUT2D eigenvalue weighted by Crippen LogP contribution is 2.29. The number of hydrogen-bond acceptors (Lipinski definition) is 25. The van der Waals surface area contributed by atoms with Crippen molar-refractivity contribution in [2.45, 2.75) is 130 Å². The Morgan fingerprint density at radius 2 is 0.686 bits per heavy atom. The Labute approximate surface area is 397 Å². The van der Waals surface area contributed by atoms with E-state index in [2.05, 4.69) is 0 Å². The summed E-state index contributed by atoms with van der Waals surface area (Å²) in [6.45, 7) is -3.36. The molecular formula is C45H56O25. The summed E-state index contributed by atoms with van der Waals surface area (Å²) in [6, 6.07) is 16.9. The SMILES string of the molecule is O=C(CC(O)(CC(=O)OCc1ccc(O[C@H]2O[C@@H](CO)[C@@H](O)[C@H](O)[C@H]2O)cc1)C(=O)OCc1ccc(O[C@H]2O[C@@H](CO)[C@@H](O)[C@H](O)[C@H]2O)cc1)OCc1ccc(O[C@H]2O[C@H](CO)[C@H](O)[C@@H](O)[C@H]2O)cc1. The lowest BCUT2D eigenvalue weighted by atomic mass is 9.95. The first-order valence-electron chi connectivity index (χ1n) is 21.7. The summed E-state index contributed by atoms with van der Waals surface area (Å²) in [5, 5.41) is 131. The van der Waals surface area contributed by atoms with Crippen LogP contribution in [0.1, 0.15) is 29.5 Å². The van der Waals surface area contributed by atoms with Gasteiger partial charge in [-0.1, -0.05) is 36.4 Å². The first-order chi connectivity index (χ1) is 33.3. The lowest BCUT2D eigenvalue weighted by Gasteiger charge is -2.39. The van der Waals surface area contributed by atoms with Crippen molar-refractivity contribution in [2.24, 2.45) is 0 Å². The zero-order valence-corrected chi connectivity index (χ0v) is 37.0. The Morgan fingerprint density at radius 1 is 0.414 bits per heavy atom. The number of ether oxygens (including phenoxy) is 9. The van der Waals surface area contributed by atoms with Gasteiger partial charge in [0.1, 0.15) is 110 Å². The molecule has 1 unspecified atom stereocenters. The molecule has 0 amide bonds. The second kappa shape index (κ2) is 24.3. The van der Waals surface area contributed by atoms with Crippen molar-refractivity contribution in [1.82, 2.24) is 0 Å². The number of aliphatic hydroxyl groups excluding tert-OH is 12. The number of carbonyl (C=O) groups is 3. The van der Waals surface area contributed by atoms with Gasteiger partial charge in [-0.3, -0.25) is 9.59 Å². The lowest BCUT2D eigenvalue weighted by Crippen LogP contribution is -2.60. The standard InChI is InChI=1S/C45H56O25/c46-15-27-32(51)35(54)38(57)41(68-27)65-24-7-1-21(2-8-24)18-62-30(49)13-45(61,44(60)64-20-23-5-11-26(12-6-23)67-43-40(59)37(56)34(53)29(17-48)70-43)14-31(50)63-19-22-3-9-25(10-4-22)66-42-39(58)36(55)33(52)28(16-47)69-42/h1-12,27-29,32-43,46-48,51-59,61H,13-20H2/t27-,28+,29-,32+,33-,34+,35-,36+,37-,38+,39+,40+,41-,42-,43-,45?/m0/s1. The molecule has 16 atom stereocenters. The van der Waals surface area contributed by atoms with Gasteiger partial charge >= 0.3 is 17.9 Å². The minimum Gasteiger partial charge on any atom is -0.462 e. The normalized spacial score (nSPS) is 31.9. The van der Waals surface area contributed by atoms with Crippen molar-refractivity contribution in [2.75, 3.05) is 19.8 Å². The van der Waals surface area contributed by atoms with Crippen LogP contribution in [0.3, 0.4) is 0 Å². The molecule has 3 saturated heterocycles. The smallest absolute Gasteiger partial charge is 0.339 e. The van der Waals surface area contributed by atoms with Crippen molar-refractivity contribution in [3.63, 3.8) is 0 Å². The molecule has 70 heavy (non-hydrogen) atoms. The quantitative estimate of drug-likeness (QED) is 0.0373. The lowest BCUT2D eigenvalue weighted by molar-refractivity contribution is -0.277. The van der Waals surface area contributed by atoms with Gasteiger partial charge in [0.2, 0.25) is 18.9 Å². The zero-order valence-electron chi connectivity index (χ0n) is 37.0. The van der Waals surface area contributed by atoms with Crippen molar-refractivity contribution < 1.29 is 123 Å². The van der Waals surface area contributed by atoms with Gasteiger partial charge in [0.05, 0.1) is 32.7 Å². The molecule has 0 bridgehead atoms. The van der Waals surface area contributed by atoms with Crippen LogP contribution < -0.4 is 14.2 Å². The monoisotopic (exact) mass is 996 g/mol. The third kappa shape index (κ3) is 13.4. The highest BCUT2D eigenvalue weighted by Gasteiger charge is 2.48. The van der Waals surface area contributed by atoms with Gasteiger partial charge in [-0.25, -0.2) is 4.79 Å². The molecular weight excluding hydrogens is 940 g/mol. The third-order valence-corrected chi connectivity index (χ3v) is 11.5. The molecule has 0 saturated carbocycles. The fourth-order valence-electron chi connectivity index (χ4n) is 7.29. The van der Waals surface area contributed by atoms with E-state index in [0.717, 1.165) is 0 Å². The predicted octanol–water partition coefficient (Wildman–Crippen LogP) is -4.74. The topological polar surface area (TPSA) is 397 Å². The van der Waals surface area contributed by atoms with Gasteiger partial charge in [-0.05, 0) is 53.1 Å². The molecule has 0 radical (unpaired) electrons. The molecule has 3 fully saturated rings. The zero-order chi connectivity index (χ0) is 50.9. The third-order valence-electron chi connectivity index (χ3n) is 11.5. The summed E-state index contributed by atoms with van der Waals surface area (Å²) in [5.41, 5.74) is -1.82. The fraction of sp³-hybridized carbons (Fsp3) is 0.533. The molecule has 3 aromatic rings. The Balaban J connectivity index is 1.07. The number of benzene rings is 3. The second-order valence-corrected chi connectivity index (χ2v) is 16.7. The van der Waals surface area contributed by atoms with E-state index >= 15 is 0 Å². The van der Waals surface area contributed by atoms with Crippen LogP contribution in [-0.2, 0) is 62.6 Å². The van der Waals surface area contributed by atoms with Crippen LogP contribution in [0.2, 0.25) is 0 Å². The van der Waals surface area contributed by atoms with E-state index in [-0.39, 0.29) is 17.2 Å². The molecule has 13 N–H and O–H groups in total. The van der Waals surface area contributed by atoms with Crippen molar-refractivity contribution >= 4 is 17.9 Å². The van der Waals surface area contributed by atoms with Crippen molar-refractivity contribution in [3.05, 3.63) is 89.5 Å². The summed E-state index contributed by atoms with van der Waals surface area (Å²) in [5.74, 6) is -3.41. The first kappa shape index (κ1) is 54.2. The summed E-state index contributed by atoms with van der Waals surface area (Å²) < 4.78 is 48.6. The maximum absolute atomic E-state index is 13.6. The predicted molar refractivity (Wildman–Crippen MR) is 226 cm³/mol. The van der Waals surface area contributed by atoms with Gasteiger partial charge in [-0.2, -0.15) is 0 Å². The Kier molecular flexibility index (Phi) is 18.8. The van der Waals surface area contributed by atoms with Crippen molar-refractivity contribution in [1.29, 1.82) is 0 Å². The molecule has 3 heterocycles. The number of aliphatic hydroxyl groups is 13. The summed E-state index contributed by atoms with van der Waals surface area (Å²) in [7, 11) is 0. The summed E-state index contributed by atoms with van der Waals surface area (Å²) >= 11 is 0. The molecule has 3 aromatic carbocycles. The molecule has 25 nitrogen and oxygen atoms in total. The molecule has 386 valence electrons. The molecule has 0 aliphatic carbocycles. The number of carbonyl (C=O) groups excluding carboxylic acids is 3.